The van der Waals surface area contributed by atoms with E-state index >= 15 is 0 Å². The van der Waals surface area contributed by atoms with Gasteiger partial charge >= 0.3 is 0 Å². The molecule has 1 atom stereocenters. The number of hydrogen-bond acceptors (Lipinski definition) is 2. The first-order valence-corrected chi connectivity index (χ1v) is 7.08. The first kappa shape index (κ1) is 14.1. The van der Waals surface area contributed by atoms with Crippen LogP contribution in [0.2, 0.25) is 0 Å². The van der Waals surface area contributed by atoms with Crippen LogP contribution in [0.4, 0.5) is 5.69 Å². The topological polar surface area (TPSA) is 35.8 Å². The predicted octanol–water partition coefficient (Wildman–Crippen LogP) is 4.19. The Morgan fingerprint density at radius 3 is 2.30 bits per heavy atom. The molecule has 20 heavy (non-hydrogen) atoms. The standard InChI is InChI=1S/C18H20N2/c1-2-17(14-16-6-4-3-5-7-16)20-18-10-8-15(9-11-18)12-13-19/h3-11,17,20H,2,12,14H2,1H3. The zero-order chi connectivity index (χ0) is 14.2. The van der Waals surface area contributed by atoms with Crippen LogP contribution in [-0.2, 0) is 12.8 Å². The van der Waals surface area contributed by atoms with Gasteiger partial charge < -0.3 is 5.32 Å². The average molecular weight is 264 g/mol. The summed E-state index contributed by atoms with van der Waals surface area (Å²) in [6, 6.07) is 21.3. The Morgan fingerprint density at radius 1 is 1.00 bits per heavy atom. The van der Waals surface area contributed by atoms with Crippen molar-refractivity contribution in [3.63, 3.8) is 0 Å². The molecule has 1 N–H and O–H groups in total. The highest BCUT2D eigenvalue weighted by Crippen LogP contribution is 2.15. The molecule has 2 nitrogen and oxygen atoms in total. The van der Waals surface area contributed by atoms with E-state index in [1.807, 2.05) is 18.2 Å². The van der Waals surface area contributed by atoms with Crippen molar-refractivity contribution in [3.05, 3.63) is 65.7 Å². The lowest BCUT2D eigenvalue weighted by molar-refractivity contribution is 0.690. The number of nitrogens with zero attached hydrogens (tertiary/aromatic N) is 1. The lowest BCUT2D eigenvalue weighted by atomic mass is 10.0. The molecule has 2 aromatic rings. The van der Waals surface area contributed by atoms with Gasteiger partial charge in [-0.2, -0.15) is 5.26 Å². The quantitative estimate of drug-likeness (QED) is 0.849. The van der Waals surface area contributed by atoms with Crippen molar-refractivity contribution in [2.24, 2.45) is 0 Å². The maximum Gasteiger partial charge on any atom is 0.0669 e. The zero-order valence-corrected chi connectivity index (χ0v) is 11.8. The van der Waals surface area contributed by atoms with Crippen LogP contribution in [0.15, 0.2) is 54.6 Å². The summed E-state index contributed by atoms with van der Waals surface area (Å²) in [4.78, 5) is 0. The Balaban J connectivity index is 1.97. The van der Waals surface area contributed by atoms with Gasteiger partial charge in [-0.25, -0.2) is 0 Å². The van der Waals surface area contributed by atoms with Crippen LogP contribution < -0.4 is 5.32 Å². The highest BCUT2D eigenvalue weighted by molar-refractivity contribution is 5.46. The molecule has 2 aromatic carbocycles. The summed E-state index contributed by atoms with van der Waals surface area (Å²) in [6.45, 7) is 2.20. The van der Waals surface area contributed by atoms with E-state index in [0.29, 0.717) is 12.5 Å². The molecule has 2 heteroatoms. The Bertz CT molecular complexity index is 552. The molecule has 0 spiro atoms. The van der Waals surface area contributed by atoms with E-state index in [4.69, 9.17) is 5.26 Å². The molecule has 0 amide bonds. The maximum absolute atomic E-state index is 8.67. The molecule has 0 radical (unpaired) electrons. The van der Waals surface area contributed by atoms with Crippen LogP contribution in [0.5, 0.6) is 0 Å². The van der Waals surface area contributed by atoms with Crippen molar-refractivity contribution in [2.45, 2.75) is 32.2 Å². The third kappa shape index (κ3) is 4.13. The summed E-state index contributed by atoms with van der Waals surface area (Å²) >= 11 is 0. The van der Waals surface area contributed by atoms with E-state index in [2.05, 4.69) is 54.7 Å². The fourth-order valence-corrected chi connectivity index (χ4v) is 2.24. The van der Waals surface area contributed by atoms with Gasteiger partial charge in [-0.15, -0.1) is 0 Å². The number of hydrogen-bond donors (Lipinski definition) is 1. The molecule has 0 bridgehead atoms. The minimum Gasteiger partial charge on any atom is -0.382 e. The minimum absolute atomic E-state index is 0.430. The highest BCUT2D eigenvalue weighted by Gasteiger charge is 2.07. The lowest BCUT2D eigenvalue weighted by Crippen LogP contribution is -2.21. The second-order valence-electron chi connectivity index (χ2n) is 4.97. The largest absolute Gasteiger partial charge is 0.382 e. The zero-order valence-electron chi connectivity index (χ0n) is 11.8. The van der Waals surface area contributed by atoms with Crippen molar-refractivity contribution >= 4 is 5.69 Å². The molecule has 0 aliphatic heterocycles. The Hall–Kier alpha value is -2.27. The Kier molecular flexibility index (Phi) is 5.20. The Labute approximate surface area is 121 Å². The van der Waals surface area contributed by atoms with Gasteiger partial charge in [0, 0.05) is 11.7 Å². The molecule has 0 saturated heterocycles. The van der Waals surface area contributed by atoms with Crippen LogP contribution in [0.1, 0.15) is 24.5 Å². The molecule has 102 valence electrons. The summed E-state index contributed by atoms with van der Waals surface area (Å²) in [7, 11) is 0. The third-order valence-corrected chi connectivity index (χ3v) is 3.43. The minimum atomic E-state index is 0.430. The molecule has 0 aliphatic carbocycles. The van der Waals surface area contributed by atoms with E-state index in [-0.39, 0.29) is 0 Å². The normalized spacial score (nSPS) is 11.6. The number of rotatable bonds is 6. The number of nitriles is 1. The number of anilines is 1. The van der Waals surface area contributed by atoms with Crippen LogP contribution in [0, 0.1) is 11.3 Å². The molecular weight excluding hydrogens is 244 g/mol. The van der Waals surface area contributed by atoms with Crippen LogP contribution in [0.25, 0.3) is 0 Å². The summed E-state index contributed by atoms with van der Waals surface area (Å²) < 4.78 is 0. The summed E-state index contributed by atoms with van der Waals surface area (Å²) in [6.07, 6.45) is 2.58. The molecule has 0 heterocycles. The van der Waals surface area contributed by atoms with E-state index in [0.717, 1.165) is 24.1 Å². The van der Waals surface area contributed by atoms with Gasteiger partial charge in [-0.05, 0) is 36.1 Å². The smallest absolute Gasteiger partial charge is 0.0669 e. The van der Waals surface area contributed by atoms with Crippen molar-refractivity contribution in [1.82, 2.24) is 0 Å². The molecule has 1 unspecified atom stereocenters. The van der Waals surface area contributed by atoms with Crippen molar-refractivity contribution < 1.29 is 0 Å². The van der Waals surface area contributed by atoms with Crippen LogP contribution in [-0.4, -0.2) is 6.04 Å². The fraction of sp³-hybridized carbons (Fsp3) is 0.278. The highest BCUT2D eigenvalue weighted by atomic mass is 14.9. The second kappa shape index (κ2) is 7.35. The maximum atomic E-state index is 8.67. The molecular formula is C18H20N2. The molecule has 0 fully saturated rings. The number of nitrogens with one attached hydrogen (secondary N) is 1. The Morgan fingerprint density at radius 2 is 1.70 bits per heavy atom. The van der Waals surface area contributed by atoms with E-state index < -0.39 is 0 Å². The van der Waals surface area contributed by atoms with Gasteiger partial charge in [-0.3, -0.25) is 0 Å². The van der Waals surface area contributed by atoms with Gasteiger partial charge in [0.05, 0.1) is 12.5 Å². The van der Waals surface area contributed by atoms with E-state index in [9.17, 15) is 0 Å². The second-order valence-corrected chi connectivity index (χ2v) is 4.97. The van der Waals surface area contributed by atoms with E-state index in [1.54, 1.807) is 0 Å². The van der Waals surface area contributed by atoms with Crippen LogP contribution in [0.3, 0.4) is 0 Å². The van der Waals surface area contributed by atoms with E-state index in [1.165, 1.54) is 5.56 Å². The van der Waals surface area contributed by atoms with Crippen LogP contribution >= 0.6 is 0 Å². The first-order chi connectivity index (χ1) is 9.81. The van der Waals surface area contributed by atoms with Gasteiger partial charge in [-0.1, -0.05) is 49.4 Å². The first-order valence-electron chi connectivity index (χ1n) is 7.08. The monoisotopic (exact) mass is 264 g/mol. The van der Waals surface area contributed by atoms with Gasteiger partial charge in [0.15, 0.2) is 0 Å². The summed E-state index contributed by atoms with van der Waals surface area (Å²) in [5.74, 6) is 0. The average Bonchev–Trinajstić information content (AvgIpc) is 2.50. The van der Waals surface area contributed by atoms with Gasteiger partial charge in [0.1, 0.15) is 0 Å². The summed E-state index contributed by atoms with van der Waals surface area (Å²) in [5.41, 5.74) is 3.54. The van der Waals surface area contributed by atoms with Crippen molar-refractivity contribution in [2.75, 3.05) is 5.32 Å². The van der Waals surface area contributed by atoms with Crippen molar-refractivity contribution in [1.29, 1.82) is 5.26 Å². The molecule has 2 rings (SSSR count). The SMILES string of the molecule is CCC(Cc1ccccc1)Nc1ccc(CC#N)cc1. The summed E-state index contributed by atoms with van der Waals surface area (Å²) in [5, 5.41) is 12.2. The van der Waals surface area contributed by atoms with Crippen molar-refractivity contribution in [3.8, 4) is 6.07 Å². The third-order valence-electron chi connectivity index (χ3n) is 3.43. The number of benzene rings is 2. The predicted molar refractivity (Wildman–Crippen MR) is 83.6 cm³/mol. The lowest BCUT2D eigenvalue weighted by Gasteiger charge is -2.18. The fourth-order valence-electron chi connectivity index (χ4n) is 2.24. The molecule has 0 aromatic heterocycles. The van der Waals surface area contributed by atoms with Gasteiger partial charge in [0.2, 0.25) is 0 Å². The van der Waals surface area contributed by atoms with Gasteiger partial charge in [0.25, 0.3) is 0 Å². The molecule has 0 saturated carbocycles. The molecule has 0 aliphatic rings.